The van der Waals surface area contributed by atoms with Gasteiger partial charge in [0, 0.05) is 5.75 Å². The van der Waals surface area contributed by atoms with E-state index in [1.54, 1.807) is 18.9 Å². The average molecular weight is 141 g/mol. The molecule has 0 fully saturated rings. The second-order valence-electron chi connectivity index (χ2n) is 1.71. The van der Waals surface area contributed by atoms with Crippen molar-refractivity contribution in [3.8, 4) is 6.07 Å². The van der Waals surface area contributed by atoms with Crippen LogP contribution in [0.25, 0.3) is 0 Å². The SMILES string of the molecule is COC1=C(C#N)CSC1. The first kappa shape index (κ1) is 6.50. The van der Waals surface area contributed by atoms with E-state index < -0.39 is 0 Å². The van der Waals surface area contributed by atoms with E-state index in [1.807, 2.05) is 0 Å². The van der Waals surface area contributed by atoms with Gasteiger partial charge in [-0.05, 0) is 0 Å². The Morgan fingerprint density at radius 1 is 1.67 bits per heavy atom. The maximum atomic E-state index is 8.47. The molecule has 0 bridgehead atoms. The number of hydrogen-bond acceptors (Lipinski definition) is 3. The predicted octanol–water partition coefficient (Wildman–Crippen LogP) is 1.16. The van der Waals surface area contributed by atoms with E-state index in [2.05, 4.69) is 6.07 Å². The lowest BCUT2D eigenvalue weighted by atomic mass is 10.3. The van der Waals surface area contributed by atoms with Crippen LogP contribution in [0.1, 0.15) is 0 Å². The van der Waals surface area contributed by atoms with E-state index in [0.29, 0.717) is 0 Å². The number of methoxy groups -OCH3 is 1. The van der Waals surface area contributed by atoms with Crippen molar-refractivity contribution in [3.05, 3.63) is 11.3 Å². The standard InChI is InChI=1S/C6H7NOS/c1-8-6-4-9-3-5(6)2-7/h3-4H2,1H3. The van der Waals surface area contributed by atoms with Crippen molar-refractivity contribution >= 4 is 11.8 Å². The molecule has 0 N–H and O–H groups in total. The molecular formula is C6H7NOS. The number of ether oxygens (including phenoxy) is 1. The van der Waals surface area contributed by atoms with E-state index in [0.717, 1.165) is 22.8 Å². The zero-order valence-corrected chi connectivity index (χ0v) is 5.99. The molecule has 48 valence electrons. The smallest absolute Gasteiger partial charge is 0.120 e. The Labute approximate surface area is 58.5 Å². The van der Waals surface area contributed by atoms with Crippen molar-refractivity contribution in [2.75, 3.05) is 18.6 Å². The van der Waals surface area contributed by atoms with Crippen LogP contribution in [0, 0.1) is 11.3 Å². The molecule has 3 heteroatoms. The first-order valence-corrected chi connectivity index (χ1v) is 3.78. The molecule has 0 saturated heterocycles. The fraction of sp³-hybridized carbons (Fsp3) is 0.500. The van der Waals surface area contributed by atoms with Gasteiger partial charge in [-0.3, -0.25) is 0 Å². The molecule has 9 heavy (non-hydrogen) atoms. The molecule has 0 aliphatic carbocycles. The van der Waals surface area contributed by atoms with Gasteiger partial charge in [-0.1, -0.05) is 0 Å². The first-order chi connectivity index (χ1) is 4.38. The van der Waals surface area contributed by atoms with Crippen molar-refractivity contribution in [2.24, 2.45) is 0 Å². The molecule has 0 atom stereocenters. The van der Waals surface area contributed by atoms with Gasteiger partial charge in [-0.15, -0.1) is 11.8 Å². The highest BCUT2D eigenvalue weighted by Crippen LogP contribution is 2.23. The minimum atomic E-state index is 0.794. The quantitative estimate of drug-likeness (QED) is 0.549. The topological polar surface area (TPSA) is 33.0 Å². The fourth-order valence-corrected chi connectivity index (χ4v) is 1.70. The van der Waals surface area contributed by atoms with Crippen LogP contribution in [0.2, 0.25) is 0 Å². The Kier molecular flexibility index (Phi) is 2.01. The molecule has 2 nitrogen and oxygen atoms in total. The van der Waals surface area contributed by atoms with Gasteiger partial charge in [0.25, 0.3) is 0 Å². The molecule has 0 amide bonds. The normalized spacial score (nSPS) is 17.8. The maximum absolute atomic E-state index is 8.47. The van der Waals surface area contributed by atoms with Crippen molar-refractivity contribution in [2.45, 2.75) is 0 Å². The summed E-state index contributed by atoms with van der Waals surface area (Å²) >= 11 is 1.72. The van der Waals surface area contributed by atoms with Gasteiger partial charge in [-0.2, -0.15) is 5.26 Å². The van der Waals surface area contributed by atoms with Crippen molar-refractivity contribution in [1.82, 2.24) is 0 Å². The summed E-state index contributed by atoms with van der Waals surface area (Å²) in [5, 5.41) is 8.47. The first-order valence-electron chi connectivity index (χ1n) is 2.62. The Morgan fingerprint density at radius 2 is 2.44 bits per heavy atom. The van der Waals surface area contributed by atoms with Gasteiger partial charge < -0.3 is 4.74 Å². The van der Waals surface area contributed by atoms with Crippen molar-refractivity contribution in [3.63, 3.8) is 0 Å². The third kappa shape index (κ3) is 1.19. The second kappa shape index (κ2) is 2.79. The molecule has 0 aromatic rings. The number of hydrogen-bond donors (Lipinski definition) is 0. The van der Waals surface area contributed by atoms with Crippen LogP contribution in [0.15, 0.2) is 11.3 Å². The molecule has 1 aliphatic rings. The predicted molar refractivity (Wildman–Crippen MR) is 37.0 cm³/mol. The lowest BCUT2D eigenvalue weighted by Crippen LogP contribution is -1.87. The Balaban J connectivity index is 2.73. The molecule has 0 saturated carbocycles. The number of nitriles is 1. The Morgan fingerprint density at radius 3 is 2.89 bits per heavy atom. The van der Waals surface area contributed by atoms with E-state index in [4.69, 9.17) is 10.00 Å². The average Bonchev–Trinajstić information content (AvgIpc) is 2.33. The van der Waals surface area contributed by atoms with Gasteiger partial charge in [0.1, 0.15) is 5.76 Å². The third-order valence-corrected chi connectivity index (χ3v) is 2.16. The maximum Gasteiger partial charge on any atom is 0.120 e. The largest absolute Gasteiger partial charge is 0.499 e. The number of nitrogens with zero attached hydrogens (tertiary/aromatic N) is 1. The molecule has 0 spiro atoms. The van der Waals surface area contributed by atoms with Crippen molar-refractivity contribution < 1.29 is 4.74 Å². The van der Waals surface area contributed by atoms with Gasteiger partial charge in [-0.25, -0.2) is 0 Å². The zero-order chi connectivity index (χ0) is 6.69. The highest BCUT2D eigenvalue weighted by Gasteiger charge is 2.13. The van der Waals surface area contributed by atoms with E-state index >= 15 is 0 Å². The molecule has 1 rings (SSSR count). The van der Waals surface area contributed by atoms with E-state index in [-0.39, 0.29) is 0 Å². The highest BCUT2D eigenvalue weighted by molar-refractivity contribution is 7.99. The monoisotopic (exact) mass is 141 g/mol. The van der Waals surface area contributed by atoms with Crippen LogP contribution in [-0.2, 0) is 4.74 Å². The minimum Gasteiger partial charge on any atom is -0.499 e. The highest BCUT2D eigenvalue weighted by atomic mass is 32.2. The summed E-state index contributed by atoms with van der Waals surface area (Å²) < 4.78 is 4.95. The molecule has 0 unspecified atom stereocenters. The molecule has 0 radical (unpaired) electrons. The molecule has 0 aromatic heterocycles. The fourth-order valence-electron chi connectivity index (χ4n) is 0.690. The van der Waals surface area contributed by atoms with E-state index in [1.165, 1.54) is 0 Å². The summed E-state index contributed by atoms with van der Waals surface area (Å²) in [4.78, 5) is 0. The third-order valence-electron chi connectivity index (χ3n) is 1.20. The number of thioether (sulfide) groups is 1. The molecule has 0 aromatic carbocycles. The van der Waals surface area contributed by atoms with Gasteiger partial charge >= 0.3 is 0 Å². The molecule has 1 aliphatic heterocycles. The summed E-state index contributed by atoms with van der Waals surface area (Å²) in [6.07, 6.45) is 0. The summed E-state index contributed by atoms with van der Waals surface area (Å²) in [5.74, 6) is 2.53. The summed E-state index contributed by atoms with van der Waals surface area (Å²) in [6, 6.07) is 2.10. The van der Waals surface area contributed by atoms with Crippen LogP contribution >= 0.6 is 11.8 Å². The van der Waals surface area contributed by atoms with Crippen LogP contribution in [-0.4, -0.2) is 18.6 Å². The van der Waals surface area contributed by atoms with Crippen LogP contribution < -0.4 is 0 Å². The van der Waals surface area contributed by atoms with Gasteiger partial charge in [0.05, 0.1) is 24.5 Å². The summed E-state index contributed by atoms with van der Waals surface area (Å²) in [5.41, 5.74) is 0.794. The van der Waals surface area contributed by atoms with Crippen LogP contribution in [0.4, 0.5) is 0 Å². The van der Waals surface area contributed by atoms with Crippen LogP contribution in [0.5, 0.6) is 0 Å². The van der Waals surface area contributed by atoms with Gasteiger partial charge in [0.2, 0.25) is 0 Å². The van der Waals surface area contributed by atoms with E-state index in [9.17, 15) is 0 Å². The molecular weight excluding hydrogens is 134 g/mol. The lowest BCUT2D eigenvalue weighted by molar-refractivity contribution is 0.294. The minimum absolute atomic E-state index is 0.794. The van der Waals surface area contributed by atoms with Gasteiger partial charge in [0.15, 0.2) is 0 Å². The second-order valence-corrected chi connectivity index (χ2v) is 2.70. The van der Waals surface area contributed by atoms with Crippen LogP contribution in [0.3, 0.4) is 0 Å². The van der Waals surface area contributed by atoms with Crippen molar-refractivity contribution in [1.29, 1.82) is 5.26 Å². The Hall–Kier alpha value is -0.620. The lowest BCUT2D eigenvalue weighted by Gasteiger charge is -1.95. The number of rotatable bonds is 1. The zero-order valence-electron chi connectivity index (χ0n) is 5.18. The summed E-state index contributed by atoms with van der Waals surface area (Å²) in [7, 11) is 1.61. The Bertz CT molecular complexity index is 180. The summed E-state index contributed by atoms with van der Waals surface area (Å²) in [6.45, 7) is 0. The molecule has 1 heterocycles.